The van der Waals surface area contributed by atoms with Gasteiger partial charge in [0.05, 0.1) is 30.0 Å². The van der Waals surface area contributed by atoms with Crippen LogP contribution in [0.15, 0.2) is 0 Å². The number of methoxy groups -OCH3 is 1. The van der Waals surface area contributed by atoms with E-state index < -0.39 is 0 Å². The van der Waals surface area contributed by atoms with Gasteiger partial charge in [-0.15, -0.1) is 11.3 Å². The molecule has 0 radical (unpaired) electrons. The molecule has 1 spiro atoms. The Balaban J connectivity index is 1.53. The van der Waals surface area contributed by atoms with Crippen LogP contribution in [0.1, 0.15) is 53.5 Å². The van der Waals surface area contributed by atoms with Crippen LogP contribution in [0.5, 0.6) is 0 Å². The summed E-state index contributed by atoms with van der Waals surface area (Å²) in [7, 11) is 1.75. The van der Waals surface area contributed by atoms with Gasteiger partial charge in [-0.2, -0.15) is 0 Å². The Kier molecular flexibility index (Phi) is 7.12. The predicted octanol–water partition coefficient (Wildman–Crippen LogP) is 3.13. The van der Waals surface area contributed by atoms with E-state index >= 15 is 0 Å². The van der Waals surface area contributed by atoms with E-state index in [0.29, 0.717) is 6.04 Å². The van der Waals surface area contributed by atoms with Crippen molar-refractivity contribution in [1.82, 2.24) is 14.8 Å². The van der Waals surface area contributed by atoms with Crippen molar-refractivity contribution in [2.75, 3.05) is 46.5 Å². The molecule has 2 aliphatic rings. The summed E-state index contributed by atoms with van der Waals surface area (Å²) in [6.45, 7) is 13.5. The standard InChI is InChI=1S/C21H35N3O3S/c1-15(2)24(10-11-26-5)13-18-12-21(14-27-18)6-8-23(9-7-21)20(25)19-16(3)22-17(4)28-19/h15,18H,6-14H2,1-5H3/t18-/m0/s1. The fourth-order valence-corrected chi connectivity index (χ4v) is 5.34. The van der Waals surface area contributed by atoms with Crippen LogP contribution in [0.3, 0.4) is 0 Å². The number of ether oxygens (including phenoxy) is 2. The van der Waals surface area contributed by atoms with Gasteiger partial charge in [0.2, 0.25) is 0 Å². The molecular weight excluding hydrogens is 374 g/mol. The molecule has 1 amide bonds. The van der Waals surface area contributed by atoms with E-state index in [1.54, 1.807) is 7.11 Å². The average Bonchev–Trinajstić information content (AvgIpc) is 3.21. The van der Waals surface area contributed by atoms with Crippen molar-refractivity contribution in [1.29, 1.82) is 0 Å². The number of aromatic nitrogens is 1. The first-order valence-electron chi connectivity index (χ1n) is 10.4. The van der Waals surface area contributed by atoms with E-state index in [0.717, 1.165) is 74.2 Å². The summed E-state index contributed by atoms with van der Waals surface area (Å²) in [4.78, 5) is 22.5. The van der Waals surface area contributed by atoms with Gasteiger partial charge in [-0.25, -0.2) is 4.98 Å². The monoisotopic (exact) mass is 409 g/mol. The Bertz CT molecular complexity index is 668. The van der Waals surface area contributed by atoms with Crippen molar-refractivity contribution in [2.45, 2.75) is 59.1 Å². The highest BCUT2D eigenvalue weighted by molar-refractivity contribution is 7.13. The van der Waals surface area contributed by atoms with Gasteiger partial charge in [-0.1, -0.05) is 0 Å². The maximum atomic E-state index is 12.9. The molecule has 0 saturated carbocycles. The van der Waals surface area contributed by atoms with Crippen molar-refractivity contribution in [3.8, 4) is 0 Å². The van der Waals surface area contributed by atoms with Crippen LogP contribution in [0.4, 0.5) is 0 Å². The minimum atomic E-state index is 0.152. The van der Waals surface area contributed by atoms with Crippen LogP contribution < -0.4 is 0 Å². The molecule has 2 fully saturated rings. The molecule has 0 aliphatic carbocycles. The lowest BCUT2D eigenvalue weighted by Crippen LogP contribution is -2.44. The Morgan fingerprint density at radius 1 is 1.39 bits per heavy atom. The average molecular weight is 410 g/mol. The number of likely N-dealkylation sites (tertiary alicyclic amines) is 1. The van der Waals surface area contributed by atoms with Crippen molar-refractivity contribution in [3.63, 3.8) is 0 Å². The lowest BCUT2D eigenvalue weighted by Gasteiger charge is -2.38. The molecule has 6 nitrogen and oxygen atoms in total. The zero-order chi connectivity index (χ0) is 20.3. The summed E-state index contributed by atoms with van der Waals surface area (Å²) in [5.74, 6) is 0.152. The number of amides is 1. The molecular formula is C21H35N3O3S. The third kappa shape index (κ3) is 4.93. The number of hydrogen-bond acceptors (Lipinski definition) is 6. The molecule has 158 valence electrons. The minimum absolute atomic E-state index is 0.152. The van der Waals surface area contributed by atoms with Gasteiger partial charge in [0.1, 0.15) is 4.88 Å². The largest absolute Gasteiger partial charge is 0.383 e. The van der Waals surface area contributed by atoms with Crippen molar-refractivity contribution in [3.05, 3.63) is 15.6 Å². The lowest BCUT2D eigenvalue weighted by atomic mass is 9.76. The van der Waals surface area contributed by atoms with Crippen molar-refractivity contribution < 1.29 is 14.3 Å². The normalized spacial score (nSPS) is 22.0. The summed E-state index contributed by atoms with van der Waals surface area (Å²) in [6, 6.07) is 0.487. The van der Waals surface area contributed by atoms with Gasteiger partial charge in [0, 0.05) is 39.3 Å². The van der Waals surface area contributed by atoms with Crippen molar-refractivity contribution in [2.24, 2.45) is 5.41 Å². The number of thiazole rings is 1. The second-order valence-electron chi connectivity index (χ2n) is 8.66. The number of aryl methyl sites for hydroxylation is 2. The van der Waals surface area contributed by atoms with Crippen LogP contribution >= 0.6 is 11.3 Å². The molecule has 1 aromatic rings. The smallest absolute Gasteiger partial charge is 0.265 e. The van der Waals surface area contributed by atoms with Gasteiger partial charge in [0.15, 0.2) is 0 Å². The molecule has 0 N–H and O–H groups in total. The number of carbonyl (C=O) groups is 1. The molecule has 2 aliphatic heterocycles. The molecule has 1 atom stereocenters. The molecule has 0 aromatic carbocycles. The summed E-state index contributed by atoms with van der Waals surface area (Å²) in [6.07, 6.45) is 3.45. The number of carbonyl (C=O) groups excluding carboxylic acids is 1. The zero-order valence-electron chi connectivity index (χ0n) is 18.0. The van der Waals surface area contributed by atoms with Gasteiger partial charge < -0.3 is 14.4 Å². The maximum Gasteiger partial charge on any atom is 0.265 e. The molecule has 2 saturated heterocycles. The number of piperidine rings is 1. The van der Waals surface area contributed by atoms with E-state index in [1.807, 2.05) is 18.7 Å². The van der Waals surface area contributed by atoms with E-state index in [1.165, 1.54) is 11.3 Å². The first-order valence-corrected chi connectivity index (χ1v) is 11.2. The lowest BCUT2D eigenvalue weighted by molar-refractivity contribution is 0.0367. The van der Waals surface area contributed by atoms with Gasteiger partial charge in [-0.3, -0.25) is 9.69 Å². The van der Waals surface area contributed by atoms with Crippen LogP contribution in [0.2, 0.25) is 0 Å². The maximum absolute atomic E-state index is 12.9. The summed E-state index contributed by atoms with van der Waals surface area (Å²) < 4.78 is 11.5. The molecule has 0 unspecified atom stereocenters. The minimum Gasteiger partial charge on any atom is -0.383 e. The van der Waals surface area contributed by atoms with Gasteiger partial charge in [-0.05, 0) is 52.4 Å². The van der Waals surface area contributed by atoms with Gasteiger partial charge in [0.25, 0.3) is 5.91 Å². The quantitative estimate of drug-likeness (QED) is 0.693. The highest BCUT2D eigenvalue weighted by atomic mass is 32.1. The fraction of sp³-hybridized carbons (Fsp3) is 0.810. The summed E-state index contributed by atoms with van der Waals surface area (Å²) >= 11 is 1.51. The predicted molar refractivity (Wildman–Crippen MR) is 112 cm³/mol. The number of rotatable bonds is 7. The van der Waals surface area contributed by atoms with E-state index in [-0.39, 0.29) is 17.4 Å². The number of nitrogens with zero attached hydrogens (tertiary/aromatic N) is 3. The first kappa shape index (κ1) is 21.7. The Morgan fingerprint density at radius 3 is 2.68 bits per heavy atom. The summed E-state index contributed by atoms with van der Waals surface area (Å²) in [5.41, 5.74) is 1.10. The highest BCUT2D eigenvalue weighted by Crippen LogP contribution is 2.42. The van der Waals surface area contributed by atoms with Crippen LogP contribution in [0.25, 0.3) is 0 Å². The van der Waals surface area contributed by atoms with Crippen LogP contribution in [-0.2, 0) is 9.47 Å². The molecule has 3 rings (SSSR count). The summed E-state index contributed by atoms with van der Waals surface area (Å²) in [5, 5.41) is 0.963. The SMILES string of the molecule is COCCN(C[C@@H]1CC2(CCN(C(=O)c3sc(C)nc3C)CC2)CO1)C(C)C. The molecule has 0 bridgehead atoms. The Labute approximate surface area is 173 Å². The van der Waals surface area contributed by atoms with E-state index in [2.05, 4.69) is 23.7 Å². The highest BCUT2D eigenvalue weighted by Gasteiger charge is 2.43. The molecule has 28 heavy (non-hydrogen) atoms. The van der Waals surface area contributed by atoms with Crippen LogP contribution in [-0.4, -0.2) is 79.3 Å². The fourth-order valence-electron chi connectivity index (χ4n) is 4.45. The molecule has 3 heterocycles. The van der Waals surface area contributed by atoms with Crippen molar-refractivity contribution >= 4 is 17.2 Å². The third-order valence-electron chi connectivity index (χ3n) is 6.25. The topological polar surface area (TPSA) is 54.9 Å². The van der Waals surface area contributed by atoms with E-state index in [4.69, 9.17) is 9.47 Å². The Hall–Kier alpha value is -1.02. The number of hydrogen-bond donors (Lipinski definition) is 0. The Morgan fingerprint density at radius 2 is 2.11 bits per heavy atom. The van der Waals surface area contributed by atoms with Gasteiger partial charge >= 0.3 is 0 Å². The first-order chi connectivity index (χ1) is 13.3. The third-order valence-corrected chi connectivity index (χ3v) is 7.31. The van der Waals surface area contributed by atoms with Crippen LogP contribution in [0, 0.1) is 19.3 Å². The zero-order valence-corrected chi connectivity index (χ0v) is 18.8. The molecule has 1 aromatic heterocycles. The molecule has 7 heteroatoms. The second-order valence-corrected chi connectivity index (χ2v) is 9.86. The van der Waals surface area contributed by atoms with E-state index in [9.17, 15) is 4.79 Å². The second kappa shape index (κ2) is 9.20.